The molecule has 1 aromatic carbocycles. The standard InChI is InChI=1S/C17H26BrClO2/c1-3-5-6-7-8-9-10-21-17-15(18)11-14(13-19)12-16(17)20-4-2/h11-12H,3-10,13H2,1-2H3. The second-order valence-electron chi connectivity index (χ2n) is 5.09. The largest absolute Gasteiger partial charge is 0.490 e. The van der Waals surface area contributed by atoms with Crippen LogP contribution in [0.1, 0.15) is 57.9 Å². The Morgan fingerprint density at radius 3 is 2.38 bits per heavy atom. The zero-order valence-electron chi connectivity index (χ0n) is 13.1. The Hall–Kier alpha value is -0.410. The lowest BCUT2D eigenvalue weighted by atomic mass is 10.1. The van der Waals surface area contributed by atoms with Crippen molar-refractivity contribution in [1.29, 1.82) is 0 Å². The van der Waals surface area contributed by atoms with Crippen LogP contribution in [0, 0.1) is 0 Å². The summed E-state index contributed by atoms with van der Waals surface area (Å²) in [4.78, 5) is 0. The van der Waals surface area contributed by atoms with Crippen LogP contribution >= 0.6 is 27.5 Å². The molecule has 0 aliphatic rings. The summed E-state index contributed by atoms with van der Waals surface area (Å²) in [5, 5.41) is 0. The van der Waals surface area contributed by atoms with E-state index in [0.717, 1.165) is 34.6 Å². The molecule has 0 aliphatic carbocycles. The molecule has 120 valence electrons. The van der Waals surface area contributed by atoms with Gasteiger partial charge in [-0.05, 0) is 47.0 Å². The lowest BCUT2D eigenvalue weighted by Crippen LogP contribution is -2.02. The van der Waals surface area contributed by atoms with E-state index in [0.29, 0.717) is 12.5 Å². The van der Waals surface area contributed by atoms with E-state index < -0.39 is 0 Å². The van der Waals surface area contributed by atoms with Crippen LogP contribution in [0.4, 0.5) is 0 Å². The van der Waals surface area contributed by atoms with E-state index in [1.165, 1.54) is 32.1 Å². The predicted octanol–water partition coefficient (Wildman–Crippen LogP) is 6.33. The lowest BCUT2D eigenvalue weighted by Gasteiger charge is -2.15. The Kier molecular flexibility index (Phi) is 9.94. The van der Waals surface area contributed by atoms with E-state index in [1.54, 1.807) is 0 Å². The Labute approximate surface area is 142 Å². The van der Waals surface area contributed by atoms with Gasteiger partial charge >= 0.3 is 0 Å². The van der Waals surface area contributed by atoms with Crippen LogP contribution in [0.2, 0.25) is 0 Å². The van der Waals surface area contributed by atoms with E-state index in [1.807, 2.05) is 19.1 Å². The van der Waals surface area contributed by atoms with Gasteiger partial charge in [0.2, 0.25) is 0 Å². The summed E-state index contributed by atoms with van der Waals surface area (Å²) < 4.78 is 12.5. The van der Waals surface area contributed by atoms with E-state index >= 15 is 0 Å². The number of benzene rings is 1. The minimum atomic E-state index is 0.469. The summed E-state index contributed by atoms with van der Waals surface area (Å²) >= 11 is 9.44. The molecule has 1 aromatic rings. The molecule has 0 aromatic heterocycles. The number of hydrogen-bond acceptors (Lipinski definition) is 2. The van der Waals surface area contributed by atoms with Crippen LogP contribution in [-0.4, -0.2) is 13.2 Å². The monoisotopic (exact) mass is 376 g/mol. The van der Waals surface area contributed by atoms with Crippen molar-refractivity contribution in [3.05, 3.63) is 22.2 Å². The van der Waals surface area contributed by atoms with Crippen molar-refractivity contribution in [3.8, 4) is 11.5 Å². The van der Waals surface area contributed by atoms with Gasteiger partial charge in [0.05, 0.1) is 17.7 Å². The predicted molar refractivity (Wildman–Crippen MR) is 93.7 cm³/mol. The summed E-state index contributed by atoms with van der Waals surface area (Å²) in [5.41, 5.74) is 1.03. The van der Waals surface area contributed by atoms with Crippen molar-refractivity contribution < 1.29 is 9.47 Å². The van der Waals surface area contributed by atoms with E-state index in [-0.39, 0.29) is 0 Å². The molecule has 0 heterocycles. The zero-order chi connectivity index (χ0) is 15.5. The topological polar surface area (TPSA) is 18.5 Å². The molecule has 0 amide bonds. The fourth-order valence-electron chi connectivity index (χ4n) is 2.16. The normalized spacial score (nSPS) is 10.7. The molecule has 0 saturated carbocycles. The number of hydrogen-bond donors (Lipinski definition) is 0. The first-order valence-corrected chi connectivity index (χ1v) is 9.19. The molecule has 0 unspecified atom stereocenters. The Balaban J connectivity index is 2.49. The average Bonchev–Trinajstić information content (AvgIpc) is 2.48. The molecule has 0 aliphatic heterocycles. The maximum absolute atomic E-state index is 5.91. The van der Waals surface area contributed by atoms with Crippen molar-refractivity contribution in [2.24, 2.45) is 0 Å². The number of ether oxygens (including phenoxy) is 2. The highest BCUT2D eigenvalue weighted by Gasteiger charge is 2.11. The highest BCUT2D eigenvalue weighted by molar-refractivity contribution is 9.10. The second-order valence-corrected chi connectivity index (χ2v) is 6.21. The highest BCUT2D eigenvalue weighted by atomic mass is 79.9. The maximum Gasteiger partial charge on any atom is 0.175 e. The first-order valence-electron chi connectivity index (χ1n) is 7.86. The SMILES string of the molecule is CCCCCCCCOc1c(Br)cc(CCl)cc1OCC. The fourth-order valence-corrected chi connectivity index (χ4v) is 2.92. The van der Waals surface area contributed by atoms with E-state index in [2.05, 4.69) is 22.9 Å². The quantitative estimate of drug-likeness (QED) is 0.331. The van der Waals surface area contributed by atoms with Crippen molar-refractivity contribution in [1.82, 2.24) is 0 Å². The molecule has 0 N–H and O–H groups in total. The lowest BCUT2D eigenvalue weighted by molar-refractivity contribution is 0.268. The smallest absolute Gasteiger partial charge is 0.175 e. The Morgan fingerprint density at radius 2 is 1.71 bits per heavy atom. The minimum absolute atomic E-state index is 0.469. The van der Waals surface area contributed by atoms with Gasteiger partial charge in [-0.15, -0.1) is 11.6 Å². The van der Waals surface area contributed by atoms with Crippen molar-refractivity contribution >= 4 is 27.5 Å². The van der Waals surface area contributed by atoms with Crippen molar-refractivity contribution in [2.75, 3.05) is 13.2 Å². The van der Waals surface area contributed by atoms with Gasteiger partial charge in [0.15, 0.2) is 11.5 Å². The maximum atomic E-state index is 5.91. The molecule has 0 fully saturated rings. The Morgan fingerprint density at radius 1 is 1.00 bits per heavy atom. The van der Waals surface area contributed by atoms with Gasteiger partial charge in [0, 0.05) is 5.88 Å². The summed E-state index contributed by atoms with van der Waals surface area (Å²) in [7, 11) is 0. The van der Waals surface area contributed by atoms with Crippen LogP contribution < -0.4 is 9.47 Å². The molecule has 0 bridgehead atoms. The van der Waals surface area contributed by atoms with Crippen LogP contribution in [0.5, 0.6) is 11.5 Å². The number of unbranched alkanes of at least 4 members (excludes halogenated alkanes) is 5. The third-order valence-electron chi connectivity index (χ3n) is 3.27. The van der Waals surface area contributed by atoms with Crippen LogP contribution in [0.3, 0.4) is 0 Å². The van der Waals surface area contributed by atoms with Gasteiger partial charge < -0.3 is 9.47 Å². The van der Waals surface area contributed by atoms with Crippen molar-refractivity contribution in [3.63, 3.8) is 0 Å². The molecule has 0 saturated heterocycles. The zero-order valence-corrected chi connectivity index (χ0v) is 15.4. The third-order valence-corrected chi connectivity index (χ3v) is 4.17. The first-order chi connectivity index (χ1) is 10.2. The summed E-state index contributed by atoms with van der Waals surface area (Å²) in [5.74, 6) is 2.03. The average molecular weight is 378 g/mol. The molecule has 4 heteroatoms. The van der Waals surface area contributed by atoms with Gasteiger partial charge in [-0.3, -0.25) is 0 Å². The van der Waals surface area contributed by atoms with Gasteiger partial charge in [0.1, 0.15) is 0 Å². The number of rotatable bonds is 11. The second kappa shape index (κ2) is 11.2. The van der Waals surface area contributed by atoms with Crippen molar-refractivity contribution in [2.45, 2.75) is 58.3 Å². The van der Waals surface area contributed by atoms with Gasteiger partial charge in [-0.2, -0.15) is 0 Å². The molecule has 0 atom stereocenters. The molecular formula is C17H26BrClO2. The minimum Gasteiger partial charge on any atom is -0.490 e. The molecular weight excluding hydrogens is 352 g/mol. The molecule has 0 radical (unpaired) electrons. The van der Waals surface area contributed by atoms with Crippen LogP contribution in [-0.2, 0) is 5.88 Å². The number of alkyl halides is 1. The number of halogens is 2. The first kappa shape index (κ1) is 18.6. The summed E-state index contributed by atoms with van der Waals surface area (Å²) in [6, 6.07) is 3.95. The van der Waals surface area contributed by atoms with Gasteiger partial charge in [-0.25, -0.2) is 0 Å². The summed E-state index contributed by atoms with van der Waals surface area (Å²) in [6.45, 7) is 5.55. The van der Waals surface area contributed by atoms with E-state index in [9.17, 15) is 0 Å². The molecule has 21 heavy (non-hydrogen) atoms. The molecule has 0 spiro atoms. The van der Waals surface area contributed by atoms with Gasteiger partial charge in [0.25, 0.3) is 0 Å². The van der Waals surface area contributed by atoms with Crippen LogP contribution in [0.15, 0.2) is 16.6 Å². The van der Waals surface area contributed by atoms with Gasteiger partial charge in [-0.1, -0.05) is 39.0 Å². The fraction of sp³-hybridized carbons (Fsp3) is 0.647. The highest BCUT2D eigenvalue weighted by Crippen LogP contribution is 2.37. The Bertz CT molecular complexity index is 410. The molecule has 1 rings (SSSR count). The van der Waals surface area contributed by atoms with Crippen LogP contribution in [0.25, 0.3) is 0 Å². The molecule has 2 nitrogen and oxygen atoms in total. The third kappa shape index (κ3) is 6.92. The van der Waals surface area contributed by atoms with E-state index in [4.69, 9.17) is 21.1 Å². The summed E-state index contributed by atoms with van der Waals surface area (Å²) in [6.07, 6.45) is 7.55.